The third kappa shape index (κ3) is 2.65. The number of aliphatic hydroxyl groups is 2. The van der Waals surface area contributed by atoms with Crippen molar-refractivity contribution in [2.45, 2.75) is 112 Å². The zero-order valence-electron chi connectivity index (χ0n) is 21.5. The molecule has 5 saturated carbocycles. The third-order valence-electron chi connectivity index (χ3n) is 13.4. The van der Waals surface area contributed by atoms with Crippen molar-refractivity contribution in [2.75, 3.05) is 6.61 Å². The molecule has 3 unspecified atom stereocenters. The zero-order chi connectivity index (χ0) is 23.3. The smallest absolute Gasteiger partial charge is 0.133 e. The van der Waals surface area contributed by atoms with Gasteiger partial charge in [-0.15, -0.1) is 0 Å². The summed E-state index contributed by atoms with van der Waals surface area (Å²) in [7, 11) is 0. The zero-order valence-corrected chi connectivity index (χ0v) is 21.5. The highest BCUT2D eigenvalue weighted by molar-refractivity contribution is 5.79. The van der Waals surface area contributed by atoms with Crippen LogP contribution in [0.15, 0.2) is 0 Å². The Bertz CT molecular complexity index is 789. The number of carbonyl (C=O) groups is 1. The molecule has 0 saturated heterocycles. The second kappa shape index (κ2) is 7.06. The van der Waals surface area contributed by atoms with Gasteiger partial charge in [0.05, 0.1) is 6.10 Å². The van der Waals surface area contributed by atoms with Gasteiger partial charge in [0.1, 0.15) is 5.78 Å². The molecular weight excluding hydrogens is 396 g/mol. The van der Waals surface area contributed by atoms with E-state index in [4.69, 9.17) is 0 Å². The van der Waals surface area contributed by atoms with Gasteiger partial charge in [0.2, 0.25) is 0 Å². The number of ketones is 1. The summed E-state index contributed by atoms with van der Waals surface area (Å²) in [5.41, 5.74) is 0.805. The second-order valence-electron chi connectivity index (χ2n) is 14.3. The Kier molecular flexibility index (Phi) is 5.15. The maximum absolute atomic E-state index is 12.7. The van der Waals surface area contributed by atoms with Crippen LogP contribution in [0, 0.1) is 56.7 Å². The lowest BCUT2D eigenvalue weighted by Crippen LogP contribution is -2.66. The van der Waals surface area contributed by atoms with Crippen molar-refractivity contribution in [3.8, 4) is 0 Å². The number of fused-ring (bicyclic) bond motifs is 7. The molecule has 32 heavy (non-hydrogen) atoms. The standard InChI is InChI=1S/C29H48O3/c1-18(31)19-9-14-29(17-30)16-15-27(5)20(24(19)29)7-8-22-26(4)12-11-23(32)25(2,3)21(26)10-13-28(22,27)6/h19-24,30,32H,7-17H2,1-6H3/t19-,20+,21?,22?,23-,24?,26-,27+,28+,29+/m0/s1. The van der Waals surface area contributed by atoms with Gasteiger partial charge in [-0.2, -0.15) is 0 Å². The normalized spacial score (nSPS) is 56.5. The van der Waals surface area contributed by atoms with Crippen LogP contribution in [-0.4, -0.2) is 28.7 Å². The quantitative estimate of drug-likeness (QED) is 0.548. The van der Waals surface area contributed by atoms with Crippen LogP contribution in [0.4, 0.5) is 0 Å². The minimum atomic E-state index is -0.175. The van der Waals surface area contributed by atoms with Crippen molar-refractivity contribution < 1.29 is 15.0 Å². The molecule has 5 fully saturated rings. The van der Waals surface area contributed by atoms with E-state index < -0.39 is 0 Å². The van der Waals surface area contributed by atoms with Crippen LogP contribution in [-0.2, 0) is 4.79 Å². The first kappa shape index (κ1) is 23.3. The highest BCUT2D eigenvalue weighted by Crippen LogP contribution is 2.77. The molecule has 182 valence electrons. The van der Waals surface area contributed by atoms with Gasteiger partial charge >= 0.3 is 0 Å². The number of rotatable bonds is 2. The summed E-state index contributed by atoms with van der Waals surface area (Å²) >= 11 is 0. The van der Waals surface area contributed by atoms with Crippen molar-refractivity contribution in [1.29, 1.82) is 0 Å². The van der Waals surface area contributed by atoms with E-state index in [2.05, 4.69) is 34.6 Å². The average Bonchev–Trinajstić information content (AvgIpc) is 3.12. The fourth-order valence-corrected chi connectivity index (χ4v) is 11.5. The highest BCUT2D eigenvalue weighted by Gasteiger charge is 2.70. The SMILES string of the molecule is CC(=O)[C@@H]1CC[C@]2(CO)CC[C@]3(C)[C@H](CCC4[C@@]5(C)CC[C@H](O)C(C)(C)C5CC[C@]43C)C12. The molecular formula is C29H48O3. The molecule has 0 aliphatic heterocycles. The van der Waals surface area contributed by atoms with Gasteiger partial charge in [0.15, 0.2) is 0 Å². The molecule has 5 aliphatic rings. The van der Waals surface area contributed by atoms with Crippen LogP contribution < -0.4 is 0 Å². The molecule has 0 aromatic rings. The maximum atomic E-state index is 12.7. The Labute approximate surface area is 196 Å². The first-order chi connectivity index (χ1) is 14.9. The van der Waals surface area contributed by atoms with E-state index in [1.54, 1.807) is 6.92 Å². The molecule has 0 bridgehead atoms. The number of aliphatic hydroxyl groups excluding tert-OH is 2. The van der Waals surface area contributed by atoms with Crippen molar-refractivity contribution in [3.05, 3.63) is 0 Å². The van der Waals surface area contributed by atoms with Gasteiger partial charge in [-0.1, -0.05) is 34.6 Å². The van der Waals surface area contributed by atoms with Crippen LogP contribution in [0.25, 0.3) is 0 Å². The first-order valence-corrected chi connectivity index (χ1v) is 13.7. The minimum absolute atomic E-state index is 0.00410. The predicted octanol–water partition coefficient (Wildman–Crippen LogP) is 6.01. The maximum Gasteiger partial charge on any atom is 0.133 e. The Balaban J connectivity index is 1.55. The van der Waals surface area contributed by atoms with E-state index in [-0.39, 0.29) is 40.3 Å². The van der Waals surface area contributed by atoms with E-state index in [1.165, 1.54) is 32.1 Å². The van der Waals surface area contributed by atoms with E-state index in [0.29, 0.717) is 34.9 Å². The average molecular weight is 445 g/mol. The van der Waals surface area contributed by atoms with Gasteiger partial charge in [-0.05, 0) is 122 Å². The number of hydrogen-bond donors (Lipinski definition) is 2. The Morgan fingerprint density at radius 2 is 1.53 bits per heavy atom. The summed E-state index contributed by atoms with van der Waals surface area (Å²) in [5.74, 6) is 2.73. The number of hydrogen-bond acceptors (Lipinski definition) is 3. The van der Waals surface area contributed by atoms with Gasteiger partial charge in [0, 0.05) is 12.5 Å². The van der Waals surface area contributed by atoms with Crippen molar-refractivity contribution in [1.82, 2.24) is 0 Å². The van der Waals surface area contributed by atoms with Crippen LogP contribution in [0.3, 0.4) is 0 Å². The lowest BCUT2D eigenvalue weighted by molar-refractivity contribution is -0.249. The lowest BCUT2D eigenvalue weighted by Gasteiger charge is -2.72. The molecule has 10 atom stereocenters. The highest BCUT2D eigenvalue weighted by atomic mass is 16.3. The molecule has 3 nitrogen and oxygen atoms in total. The fourth-order valence-electron chi connectivity index (χ4n) is 11.5. The number of Topliss-reactive ketones (excluding diaryl/α,β-unsaturated/α-hetero) is 1. The molecule has 0 aromatic heterocycles. The van der Waals surface area contributed by atoms with Crippen molar-refractivity contribution >= 4 is 5.78 Å². The van der Waals surface area contributed by atoms with Crippen molar-refractivity contribution in [3.63, 3.8) is 0 Å². The Hall–Kier alpha value is -0.410. The molecule has 3 heteroatoms. The molecule has 0 radical (unpaired) electrons. The number of carbonyl (C=O) groups excluding carboxylic acids is 1. The summed E-state index contributed by atoms with van der Waals surface area (Å²) in [6.07, 6.45) is 11.2. The largest absolute Gasteiger partial charge is 0.396 e. The minimum Gasteiger partial charge on any atom is -0.396 e. The monoisotopic (exact) mass is 444 g/mol. The van der Waals surface area contributed by atoms with Crippen LogP contribution in [0.2, 0.25) is 0 Å². The molecule has 2 N–H and O–H groups in total. The lowest BCUT2D eigenvalue weighted by atomic mass is 9.32. The molecule has 0 aromatic carbocycles. The van der Waals surface area contributed by atoms with E-state index in [1.807, 2.05) is 0 Å². The molecule has 0 amide bonds. The van der Waals surface area contributed by atoms with Crippen LogP contribution in [0.1, 0.15) is 106 Å². The van der Waals surface area contributed by atoms with E-state index >= 15 is 0 Å². The van der Waals surface area contributed by atoms with Crippen molar-refractivity contribution in [2.24, 2.45) is 56.7 Å². The summed E-state index contributed by atoms with van der Waals surface area (Å²) in [6, 6.07) is 0. The van der Waals surface area contributed by atoms with Crippen LogP contribution >= 0.6 is 0 Å². The third-order valence-corrected chi connectivity index (χ3v) is 13.4. The van der Waals surface area contributed by atoms with Gasteiger partial charge in [0.25, 0.3) is 0 Å². The molecule has 5 aliphatic carbocycles. The first-order valence-electron chi connectivity index (χ1n) is 13.7. The summed E-state index contributed by atoms with van der Waals surface area (Å²) in [5, 5.41) is 21.4. The summed E-state index contributed by atoms with van der Waals surface area (Å²) in [6.45, 7) is 14.5. The topological polar surface area (TPSA) is 57.5 Å². The Morgan fingerprint density at radius 3 is 2.19 bits per heavy atom. The van der Waals surface area contributed by atoms with E-state index in [9.17, 15) is 15.0 Å². The fraction of sp³-hybridized carbons (Fsp3) is 0.966. The van der Waals surface area contributed by atoms with Crippen LogP contribution in [0.5, 0.6) is 0 Å². The van der Waals surface area contributed by atoms with Gasteiger partial charge in [-0.3, -0.25) is 4.79 Å². The Morgan fingerprint density at radius 1 is 0.812 bits per heavy atom. The summed E-state index contributed by atoms with van der Waals surface area (Å²) in [4.78, 5) is 12.7. The second-order valence-corrected chi connectivity index (χ2v) is 14.3. The summed E-state index contributed by atoms with van der Waals surface area (Å²) < 4.78 is 0. The molecule has 0 heterocycles. The predicted molar refractivity (Wildman–Crippen MR) is 128 cm³/mol. The molecule has 0 spiro atoms. The van der Waals surface area contributed by atoms with Gasteiger partial charge in [-0.25, -0.2) is 0 Å². The van der Waals surface area contributed by atoms with Gasteiger partial charge < -0.3 is 10.2 Å². The van der Waals surface area contributed by atoms with E-state index in [0.717, 1.165) is 32.1 Å². The molecule has 5 rings (SSSR count).